The number of nitrogens with zero attached hydrogens (tertiary/aromatic N) is 1. The van der Waals surface area contributed by atoms with Gasteiger partial charge in [-0.2, -0.15) is 0 Å². The summed E-state index contributed by atoms with van der Waals surface area (Å²) in [7, 11) is 0. The van der Waals surface area contributed by atoms with Gasteiger partial charge < -0.3 is 10.2 Å². The number of carbonyl (C=O) groups excluding carboxylic acids is 1. The molecule has 6 heteroatoms. The molecule has 0 spiro atoms. The standard InChI is InChI=1S/C16H14BrFN2O2/c1-11-4-2-3-5-15(11)20-16(21)9-19-22-10-12-6-7-13(17)8-14(12)18/h2-9H,10H2,1H3,(H,20,21)/b19-9-. The van der Waals surface area contributed by atoms with E-state index < -0.39 is 11.7 Å². The number of halogens is 2. The predicted molar refractivity (Wildman–Crippen MR) is 87.2 cm³/mol. The van der Waals surface area contributed by atoms with Crippen molar-refractivity contribution in [3.8, 4) is 0 Å². The molecule has 0 atom stereocenters. The summed E-state index contributed by atoms with van der Waals surface area (Å²) in [6.45, 7) is 1.84. The molecule has 0 saturated carbocycles. The van der Waals surface area contributed by atoms with Crippen LogP contribution in [0.5, 0.6) is 0 Å². The molecular formula is C16H14BrFN2O2. The first kappa shape index (κ1) is 16.2. The summed E-state index contributed by atoms with van der Waals surface area (Å²) < 4.78 is 14.2. The van der Waals surface area contributed by atoms with E-state index in [-0.39, 0.29) is 6.61 Å². The third kappa shape index (κ3) is 4.66. The Bertz CT molecular complexity index is 704. The van der Waals surface area contributed by atoms with Crippen LogP contribution in [0.15, 0.2) is 52.1 Å². The Morgan fingerprint density at radius 1 is 1.36 bits per heavy atom. The molecule has 0 bridgehead atoms. The number of aryl methyl sites for hydroxylation is 1. The van der Waals surface area contributed by atoms with Gasteiger partial charge in [0.1, 0.15) is 18.6 Å². The Labute approximate surface area is 136 Å². The molecule has 0 aliphatic carbocycles. The van der Waals surface area contributed by atoms with Crippen LogP contribution in [-0.4, -0.2) is 12.1 Å². The number of hydrogen-bond donors (Lipinski definition) is 1. The first-order valence-electron chi connectivity index (χ1n) is 6.52. The van der Waals surface area contributed by atoms with Gasteiger partial charge >= 0.3 is 0 Å². The van der Waals surface area contributed by atoms with Crippen molar-refractivity contribution in [2.75, 3.05) is 5.32 Å². The molecule has 22 heavy (non-hydrogen) atoms. The van der Waals surface area contributed by atoms with Crippen molar-refractivity contribution in [2.45, 2.75) is 13.5 Å². The van der Waals surface area contributed by atoms with E-state index in [0.29, 0.717) is 15.7 Å². The lowest BCUT2D eigenvalue weighted by atomic mass is 10.2. The molecule has 0 fully saturated rings. The summed E-state index contributed by atoms with van der Waals surface area (Å²) in [4.78, 5) is 16.6. The van der Waals surface area contributed by atoms with Crippen LogP contribution < -0.4 is 5.32 Å². The minimum absolute atomic E-state index is 0.0484. The van der Waals surface area contributed by atoms with Gasteiger partial charge in [-0.15, -0.1) is 0 Å². The number of para-hydroxylation sites is 1. The smallest absolute Gasteiger partial charge is 0.270 e. The zero-order chi connectivity index (χ0) is 15.9. The fourth-order valence-electron chi connectivity index (χ4n) is 1.71. The summed E-state index contributed by atoms with van der Waals surface area (Å²) in [5.74, 6) is -0.806. The number of amides is 1. The van der Waals surface area contributed by atoms with Crippen molar-refractivity contribution in [2.24, 2.45) is 5.16 Å². The topological polar surface area (TPSA) is 50.7 Å². The third-order valence-corrected chi connectivity index (χ3v) is 3.38. The van der Waals surface area contributed by atoms with E-state index in [2.05, 4.69) is 26.4 Å². The highest BCUT2D eigenvalue weighted by molar-refractivity contribution is 9.10. The van der Waals surface area contributed by atoms with Gasteiger partial charge in [0.25, 0.3) is 5.91 Å². The highest BCUT2D eigenvalue weighted by atomic mass is 79.9. The summed E-state index contributed by atoms with van der Waals surface area (Å²) in [6, 6.07) is 12.0. The molecule has 1 N–H and O–H groups in total. The lowest BCUT2D eigenvalue weighted by Crippen LogP contribution is -2.13. The molecular weight excluding hydrogens is 351 g/mol. The van der Waals surface area contributed by atoms with Crippen LogP contribution in [0.3, 0.4) is 0 Å². The van der Waals surface area contributed by atoms with E-state index in [1.165, 1.54) is 6.07 Å². The summed E-state index contributed by atoms with van der Waals surface area (Å²) in [5, 5.41) is 6.22. The Morgan fingerprint density at radius 2 is 2.14 bits per heavy atom. The van der Waals surface area contributed by atoms with Crippen molar-refractivity contribution in [1.29, 1.82) is 0 Å². The Kier molecular flexibility index (Phi) is 5.66. The lowest BCUT2D eigenvalue weighted by molar-refractivity contribution is -0.110. The summed E-state index contributed by atoms with van der Waals surface area (Å²) in [5.41, 5.74) is 2.01. The van der Waals surface area contributed by atoms with Crippen LogP contribution in [-0.2, 0) is 16.2 Å². The lowest BCUT2D eigenvalue weighted by Gasteiger charge is -2.05. The minimum Gasteiger partial charge on any atom is -0.391 e. The number of hydrogen-bond acceptors (Lipinski definition) is 3. The number of rotatable bonds is 5. The average Bonchev–Trinajstić information content (AvgIpc) is 2.48. The fourth-order valence-corrected chi connectivity index (χ4v) is 2.04. The predicted octanol–water partition coefficient (Wildman–Crippen LogP) is 4.04. The number of anilines is 1. The molecule has 0 aliphatic rings. The zero-order valence-corrected chi connectivity index (χ0v) is 13.4. The highest BCUT2D eigenvalue weighted by Crippen LogP contribution is 2.16. The number of oxime groups is 1. The maximum atomic E-state index is 13.5. The van der Waals surface area contributed by atoms with Gasteiger partial charge in [-0.1, -0.05) is 45.4 Å². The molecule has 0 aliphatic heterocycles. The monoisotopic (exact) mass is 364 g/mol. The molecule has 2 aromatic carbocycles. The normalized spacial score (nSPS) is 10.7. The van der Waals surface area contributed by atoms with Gasteiger partial charge in [0, 0.05) is 15.7 Å². The molecule has 4 nitrogen and oxygen atoms in total. The van der Waals surface area contributed by atoms with Gasteiger partial charge in [0.15, 0.2) is 0 Å². The molecule has 2 rings (SSSR count). The van der Waals surface area contributed by atoms with Gasteiger partial charge in [0.2, 0.25) is 0 Å². The van der Waals surface area contributed by atoms with Crippen molar-refractivity contribution in [3.05, 3.63) is 63.9 Å². The molecule has 114 valence electrons. The second-order valence-corrected chi connectivity index (χ2v) is 5.46. The summed E-state index contributed by atoms with van der Waals surface area (Å²) in [6.07, 6.45) is 1.02. The number of benzene rings is 2. The molecule has 0 saturated heterocycles. The van der Waals surface area contributed by atoms with Gasteiger partial charge in [-0.3, -0.25) is 4.79 Å². The maximum Gasteiger partial charge on any atom is 0.270 e. The van der Waals surface area contributed by atoms with Crippen LogP contribution in [0, 0.1) is 12.7 Å². The van der Waals surface area contributed by atoms with Crippen LogP contribution in [0.4, 0.5) is 10.1 Å². The first-order chi connectivity index (χ1) is 10.6. The zero-order valence-electron chi connectivity index (χ0n) is 11.8. The van der Waals surface area contributed by atoms with Crippen LogP contribution in [0.1, 0.15) is 11.1 Å². The Balaban J connectivity index is 1.85. The van der Waals surface area contributed by atoms with Crippen LogP contribution >= 0.6 is 15.9 Å². The average molecular weight is 365 g/mol. The van der Waals surface area contributed by atoms with E-state index in [9.17, 15) is 9.18 Å². The second kappa shape index (κ2) is 7.70. The van der Waals surface area contributed by atoms with E-state index in [0.717, 1.165) is 11.8 Å². The molecule has 0 aromatic heterocycles. The van der Waals surface area contributed by atoms with Crippen molar-refractivity contribution < 1.29 is 14.0 Å². The van der Waals surface area contributed by atoms with Crippen LogP contribution in [0.25, 0.3) is 0 Å². The van der Waals surface area contributed by atoms with Gasteiger partial charge in [-0.25, -0.2) is 4.39 Å². The number of nitrogens with one attached hydrogen (secondary N) is 1. The Morgan fingerprint density at radius 3 is 2.86 bits per heavy atom. The Hall–Kier alpha value is -2.21. The first-order valence-corrected chi connectivity index (χ1v) is 7.31. The SMILES string of the molecule is Cc1ccccc1NC(=O)/C=N\OCc1ccc(Br)cc1F. The van der Waals surface area contributed by atoms with E-state index in [1.807, 2.05) is 25.1 Å². The van der Waals surface area contributed by atoms with Gasteiger partial charge in [-0.05, 0) is 30.7 Å². The molecule has 2 aromatic rings. The second-order valence-electron chi connectivity index (χ2n) is 4.55. The number of carbonyl (C=O) groups is 1. The highest BCUT2D eigenvalue weighted by Gasteiger charge is 2.04. The summed E-state index contributed by atoms with van der Waals surface area (Å²) >= 11 is 3.17. The fraction of sp³-hybridized carbons (Fsp3) is 0.125. The van der Waals surface area contributed by atoms with Crippen LogP contribution in [0.2, 0.25) is 0 Å². The molecule has 1 amide bonds. The van der Waals surface area contributed by atoms with Crippen molar-refractivity contribution in [1.82, 2.24) is 0 Å². The minimum atomic E-state index is -0.412. The molecule has 0 radical (unpaired) electrons. The van der Waals surface area contributed by atoms with E-state index in [1.54, 1.807) is 18.2 Å². The largest absolute Gasteiger partial charge is 0.391 e. The van der Waals surface area contributed by atoms with Crippen molar-refractivity contribution >= 4 is 33.7 Å². The van der Waals surface area contributed by atoms with E-state index >= 15 is 0 Å². The van der Waals surface area contributed by atoms with Crippen molar-refractivity contribution in [3.63, 3.8) is 0 Å². The van der Waals surface area contributed by atoms with Gasteiger partial charge in [0.05, 0.1) is 0 Å². The third-order valence-electron chi connectivity index (χ3n) is 2.88. The molecule has 0 heterocycles. The van der Waals surface area contributed by atoms with E-state index in [4.69, 9.17) is 4.84 Å². The maximum absolute atomic E-state index is 13.5. The molecule has 0 unspecified atom stereocenters. The quantitative estimate of drug-likeness (QED) is 0.642.